The molecule has 2 aliphatic heterocycles. The van der Waals surface area contributed by atoms with Gasteiger partial charge in [0.1, 0.15) is 6.07 Å². The highest BCUT2D eigenvalue weighted by molar-refractivity contribution is 5.78. The van der Waals surface area contributed by atoms with Crippen molar-refractivity contribution in [3.63, 3.8) is 0 Å². The summed E-state index contributed by atoms with van der Waals surface area (Å²) in [5.41, 5.74) is 0.171. The summed E-state index contributed by atoms with van der Waals surface area (Å²) in [6.45, 7) is 4.92. The zero-order valence-electron chi connectivity index (χ0n) is 20.8. The molecular formula is C28H36N4O4. The Kier molecular flexibility index (Phi) is 8.79. The second-order valence-corrected chi connectivity index (χ2v) is 9.81. The predicted octanol–water partition coefficient (Wildman–Crippen LogP) is 3.63. The fourth-order valence-electron chi connectivity index (χ4n) is 5.32. The molecule has 36 heavy (non-hydrogen) atoms. The van der Waals surface area contributed by atoms with Crippen molar-refractivity contribution in [2.75, 3.05) is 45.9 Å². The summed E-state index contributed by atoms with van der Waals surface area (Å²) in [7, 11) is 0. The van der Waals surface area contributed by atoms with Gasteiger partial charge in [-0.3, -0.25) is 4.79 Å². The molecule has 1 aliphatic carbocycles. The molecule has 1 N–H and O–H groups in total. The van der Waals surface area contributed by atoms with E-state index >= 15 is 0 Å². The average molecular weight is 493 g/mol. The third-order valence-corrected chi connectivity index (χ3v) is 7.40. The van der Waals surface area contributed by atoms with E-state index in [9.17, 15) is 20.0 Å². The van der Waals surface area contributed by atoms with Crippen LogP contribution in [0.15, 0.2) is 54.6 Å². The maximum absolute atomic E-state index is 12.8. The van der Waals surface area contributed by atoms with Crippen molar-refractivity contribution in [2.24, 2.45) is 0 Å². The standard InChI is InChI=1S/C28H36N4O4/c29-22-28(12-10-24(11-13-28)23-7-2-1-3-8-23)36-20-6-15-30-14-5-16-31(19-18-30)26(33)21-25-9-4-17-32(25)27(34)35/h1-3,7-8,10-13,24-25H,4-6,9,14-21H2,(H,34,35)/t24?,25-,28?/m0/s1. The van der Waals surface area contributed by atoms with Crippen LogP contribution in [0.4, 0.5) is 4.79 Å². The van der Waals surface area contributed by atoms with Gasteiger partial charge in [0.2, 0.25) is 5.91 Å². The van der Waals surface area contributed by atoms with Crippen LogP contribution in [0.2, 0.25) is 0 Å². The summed E-state index contributed by atoms with van der Waals surface area (Å²) in [5, 5.41) is 19.1. The lowest BCUT2D eigenvalue weighted by Crippen LogP contribution is -2.41. The van der Waals surface area contributed by atoms with Gasteiger partial charge < -0.3 is 24.5 Å². The van der Waals surface area contributed by atoms with Gasteiger partial charge in [-0.05, 0) is 49.9 Å². The lowest BCUT2D eigenvalue weighted by Gasteiger charge is -2.26. The Labute approximate surface area is 213 Å². The monoisotopic (exact) mass is 492 g/mol. The van der Waals surface area contributed by atoms with Crippen LogP contribution in [0.25, 0.3) is 0 Å². The Bertz CT molecular complexity index is 989. The zero-order valence-corrected chi connectivity index (χ0v) is 20.8. The maximum Gasteiger partial charge on any atom is 0.407 e. The van der Waals surface area contributed by atoms with E-state index in [0.29, 0.717) is 26.2 Å². The molecule has 1 aromatic carbocycles. The number of rotatable bonds is 8. The van der Waals surface area contributed by atoms with E-state index in [1.807, 2.05) is 47.4 Å². The van der Waals surface area contributed by atoms with Crippen LogP contribution in [-0.4, -0.2) is 89.3 Å². The first-order valence-electron chi connectivity index (χ1n) is 13.0. The lowest BCUT2D eigenvalue weighted by atomic mass is 9.89. The van der Waals surface area contributed by atoms with Crippen molar-refractivity contribution < 1.29 is 19.4 Å². The molecular weight excluding hydrogens is 456 g/mol. The van der Waals surface area contributed by atoms with Gasteiger partial charge in [0, 0.05) is 51.1 Å². The quantitative estimate of drug-likeness (QED) is 0.440. The summed E-state index contributed by atoms with van der Waals surface area (Å²) in [4.78, 5) is 29.8. The van der Waals surface area contributed by atoms with Crippen LogP contribution in [0.3, 0.4) is 0 Å². The molecule has 8 nitrogen and oxygen atoms in total. The van der Waals surface area contributed by atoms with Crippen LogP contribution in [0.5, 0.6) is 0 Å². The van der Waals surface area contributed by atoms with E-state index in [1.165, 1.54) is 10.5 Å². The Morgan fingerprint density at radius 3 is 2.56 bits per heavy atom. The molecule has 0 aromatic heterocycles. The van der Waals surface area contributed by atoms with Crippen molar-refractivity contribution in [1.82, 2.24) is 14.7 Å². The van der Waals surface area contributed by atoms with E-state index in [-0.39, 0.29) is 24.3 Å². The Balaban J connectivity index is 1.18. The highest BCUT2D eigenvalue weighted by atomic mass is 16.5. The number of nitriles is 1. The zero-order chi connectivity index (χ0) is 25.4. The molecule has 192 valence electrons. The van der Waals surface area contributed by atoms with Gasteiger partial charge in [-0.15, -0.1) is 0 Å². The number of likely N-dealkylation sites (tertiary alicyclic amines) is 1. The van der Waals surface area contributed by atoms with Crippen molar-refractivity contribution >= 4 is 12.0 Å². The molecule has 8 heteroatoms. The molecule has 1 atom stereocenters. The lowest BCUT2D eigenvalue weighted by molar-refractivity contribution is -0.132. The first-order chi connectivity index (χ1) is 17.5. The first-order valence-corrected chi connectivity index (χ1v) is 13.0. The molecule has 0 unspecified atom stereocenters. The number of hydrogen-bond acceptors (Lipinski definition) is 5. The second-order valence-electron chi connectivity index (χ2n) is 9.81. The van der Waals surface area contributed by atoms with Crippen LogP contribution in [0, 0.1) is 11.3 Å². The molecule has 0 spiro atoms. The third-order valence-electron chi connectivity index (χ3n) is 7.40. The molecule has 0 bridgehead atoms. The van der Waals surface area contributed by atoms with Crippen LogP contribution < -0.4 is 0 Å². The highest BCUT2D eigenvalue weighted by Crippen LogP contribution is 2.28. The number of benzene rings is 1. The average Bonchev–Trinajstić information content (AvgIpc) is 3.24. The van der Waals surface area contributed by atoms with Gasteiger partial charge in [-0.25, -0.2) is 4.79 Å². The van der Waals surface area contributed by atoms with E-state index in [1.54, 1.807) is 0 Å². The topological polar surface area (TPSA) is 97.1 Å². The largest absolute Gasteiger partial charge is 0.465 e. The predicted molar refractivity (Wildman–Crippen MR) is 136 cm³/mol. The normalized spacial score (nSPS) is 26.5. The Morgan fingerprint density at radius 2 is 1.83 bits per heavy atom. The van der Waals surface area contributed by atoms with Gasteiger partial charge in [-0.1, -0.05) is 42.5 Å². The van der Waals surface area contributed by atoms with Gasteiger partial charge in [0.25, 0.3) is 0 Å². The SMILES string of the molecule is N#CC1(OCCCN2CCCN(C(=O)C[C@@H]3CCCN3C(=O)O)CC2)C=CC(c2ccccc2)C=C1. The Hall–Kier alpha value is -3.15. The minimum Gasteiger partial charge on any atom is -0.465 e. The van der Waals surface area contributed by atoms with Crippen molar-refractivity contribution in [1.29, 1.82) is 5.26 Å². The molecule has 4 rings (SSSR count). The highest BCUT2D eigenvalue weighted by Gasteiger charge is 2.32. The van der Waals surface area contributed by atoms with E-state index in [4.69, 9.17) is 4.74 Å². The number of carboxylic acid groups (broad SMARTS) is 1. The van der Waals surface area contributed by atoms with Gasteiger partial charge in [0.15, 0.2) is 5.60 Å². The van der Waals surface area contributed by atoms with E-state index < -0.39 is 11.7 Å². The van der Waals surface area contributed by atoms with Crippen LogP contribution in [0.1, 0.15) is 43.6 Å². The minimum atomic E-state index is -1.02. The number of ether oxygens (including phenoxy) is 1. The molecule has 2 amide bonds. The summed E-state index contributed by atoms with van der Waals surface area (Å²) in [6.07, 6.45) is 10.4. The summed E-state index contributed by atoms with van der Waals surface area (Å²) < 4.78 is 6.01. The number of carbonyl (C=O) groups is 2. The number of nitrogens with zero attached hydrogens (tertiary/aromatic N) is 4. The fraction of sp³-hybridized carbons (Fsp3) is 0.536. The number of allylic oxidation sites excluding steroid dienone is 2. The maximum atomic E-state index is 12.8. The van der Waals surface area contributed by atoms with Crippen LogP contribution >= 0.6 is 0 Å². The number of amides is 2. The first kappa shape index (κ1) is 25.9. The van der Waals surface area contributed by atoms with Crippen molar-refractivity contribution in [2.45, 2.75) is 49.7 Å². The third kappa shape index (κ3) is 6.54. The molecule has 0 saturated carbocycles. The summed E-state index contributed by atoms with van der Waals surface area (Å²) >= 11 is 0. The summed E-state index contributed by atoms with van der Waals surface area (Å²) in [5.74, 6) is 0.207. The molecule has 1 aromatic rings. The Morgan fingerprint density at radius 1 is 1.06 bits per heavy atom. The van der Waals surface area contributed by atoms with Gasteiger partial charge in [0.05, 0.1) is 6.61 Å². The van der Waals surface area contributed by atoms with Crippen molar-refractivity contribution in [3.05, 3.63) is 60.2 Å². The molecule has 0 radical (unpaired) electrons. The second kappa shape index (κ2) is 12.2. The molecule has 2 heterocycles. The van der Waals surface area contributed by atoms with E-state index in [0.717, 1.165) is 45.3 Å². The molecule has 2 fully saturated rings. The molecule has 3 aliphatic rings. The fourth-order valence-corrected chi connectivity index (χ4v) is 5.32. The van der Waals surface area contributed by atoms with E-state index in [2.05, 4.69) is 23.1 Å². The molecule has 2 saturated heterocycles. The summed E-state index contributed by atoms with van der Waals surface area (Å²) in [6, 6.07) is 12.3. The van der Waals surface area contributed by atoms with Crippen LogP contribution in [-0.2, 0) is 9.53 Å². The van der Waals surface area contributed by atoms with Gasteiger partial charge in [-0.2, -0.15) is 5.26 Å². The van der Waals surface area contributed by atoms with Gasteiger partial charge >= 0.3 is 6.09 Å². The minimum absolute atomic E-state index is 0.0546. The smallest absolute Gasteiger partial charge is 0.407 e. The van der Waals surface area contributed by atoms with Crippen molar-refractivity contribution in [3.8, 4) is 6.07 Å². The number of carbonyl (C=O) groups excluding carboxylic acids is 1. The number of hydrogen-bond donors (Lipinski definition) is 1.